The van der Waals surface area contributed by atoms with Crippen LogP contribution in [-0.2, 0) is 12.8 Å². The van der Waals surface area contributed by atoms with Crippen LogP contribution in [0.1, 0.15) is 32.9 Å². The molecule has 0 amide bonds. The Morgan fingerprint density at radius 1 is 0.913 bits per heavy atom. The molecule has 0 aliphatic heterocycles. The molecule has 0 saturated carbocycles. The lowest BCUT2D eigenvalue weighted by Crippen LogP contribution is -2.16. The summed E-state index contributed by atoms with van der Waals surface area (Å²) in [6.07, 6.45) is 1.17. The molecule has 23 heavy (non-hydrogen) atoms. The quantitative estimate of drug-likeness (QED) is 0.731. The molecule has 0 bridgehead atoms. The van der Waals surface area contributed by atoms with Crippen molar-refractivity contribution in [2.45, 2.75) is 26.7 Å². The molecule has 3 aromatic rings. The second kappa shape index (κ2) is 6.61. The fourth-order valence-corrected chi connectivity index (χ4v) is 2.82. The lowest BCUT2D eigenvalue weighted by molar-refractivity contribution is 0.0895. The van der Waals surface area contributed by atoms with Gasteiger partial charge in [0, 0.05) is 17.7 Å². The Labute approximate surface area is 136 Å². The summed E-state index contributed by atoms with van der Waals surface area (Å²) < 4.78 is 1.56. The molecule has 0 atom stereocenters. The molecule has 3 heteroatoms. The van der Waals surface area contributed by atoms with Gasteiger partial charge in [-0.15, -0.1) is 0 Å². The van der Waals surface area contributed by atoms with Crippen molar-refractivity contribution in [3.63, 3.8) is 0 Å². The van der Waals surface area contributed by atoms with E-state index in [-0.39, 0.29) is 5.91 Å². The van der Waals surface area contributed by atoms with Crippen molar-refractivity contribution >= 4 is 5.91 Å². The Bertz CT molecular complexity index is 804. The number of nitrogens with zero attached hydrogens (tertiary/aromatic N) is 2. The van der Waals surface area contributed by atoms with Crippen LogP contribution in [0.3, 0.4) is 0 Å². The van der Waals surface area contributed by atoms with Gasteiger partial charge in [0.05, 0.1) is 12.1 Å². The van der Waals surface area contributed by atoms with Crippen molar-refractivity contribution in [2.75, 3.05) is 0 Å². The van der Waals surface area contributed by atoms with Gasteiger partial charge in [0.15, 0.2) is 0 Å². The number of carbonyl (C=O) groups is 1. The van der Waals surface area contributed by atoms with E-state index in [0.717, 1.165) is 28.9 Å². The zero-order valence-electron chi connectivity index (χ0n) is 13.5. The number of hydrogen-bond donors (Lipinski definition) is 0. The summed E-state index contributed by atoms with van der Waals surface area (Å²) in [5.41, 5.74) is 5.24. The third-order valence-electron chi connectivity index (χ3n) is 4.10. The fourth-order valence-electron chi connectivity index (χ4n) is 2.82. The van der Waals surface area contributed by atoms with E-state index in [9.17, 15) is 4.79 Å². The third kappa shape index (κ3) is 3.39. The Hall–Kier alpha value is -2.68. The molecular formula is C20H20N2O. The van der Waals surface area contributed by atoms with E-state index < -0.39 is 0 Å². The molecule has 116 valence electrons. The van der Waals surface area contributed by atoms with Gasteiger partial charge in [-0.3, -0.25) is 4.79 Å². The van der Waals surface area contributed by atoms with Crippen LogP contribution in [0.5, 0.6) is 0 Å². The van der Waals surface area contributed by atoms with E-state index in [2.05, 4.69) is 17.2 Å². The van der Waals surface area contributed by atoms with Crippen molar-refractivity contribution in [2.24, 2.45) is 0 Å². The van der Waals surface area contributed by atoms with Crippen molar-refractivity contribution in [1.82, 2.24) is 9.78 Å². The maximum absolute atomic E-state index is 12.6. The highest BCUT2D eigenvalue weighted by molar-refractivity contribution is 5.81. The number of aromatic nitrogens is 2. The van der Waals surface area contributed by atoms with Gasteiger partial charge in [-0.1, -0.05) is 60.7 Å². The Morgan fingerprint density at radius 2 is 1.48 bits per heavy atom. The molecule has 1 heterocycles. The van der Waals surface area contributed by atoms with Crippen LogP contribution >= 0.6 is 0 Å². The van der Waals surface area contributed by atoms with Gasteiger partial charge in [0.1, 0.15) is 0 Å². The molecule has 0 saturated heterocycles. The maximum Gasteiger partial charge on any atom is 0.251 e. The third-order valence-corrected chi connectivity index (χ3v) is 4.10. The predicted molar refractivity (Wildman–Crippen MR) is 91.7 cm³/mol. The molecule has 0 fully saturated rings. The van der Waals surface area contributed by atoms with Crippen LogP contribution in [0, 0.1) is 13.8 Å². The lowest BCUT2D eigenvalue weighted by atomic mass is 10.0. The largest absolute Gasteiger partial charge is 0.272 e. The first-order valence-corrected chi connectivity index (χ1v) is 7.81. The average Bonchev–Trinajstić information content (AvgIpc) is 2.85. The minimum atomic E-state index is 0.0103. The van der Waals surface area contributed by atoms with Crippen molar-refractivity contribution < 1.29 is 4.79 Å². The second-order valence-electron chi connectivity index (χ2n) is 5.78. The minimum Gasteiger partial charge on any atom is -0.272 e. The molecular weight excluding hydrogens is 284 g/mol. The van der Waals surface area contributed by atoms with Gasteiger partial charge in [0.2, 0.25) is 0 Å². The van der Waals surface area contributed by atoms with E-state index in [1.807, 2.05) is 62.4 Å². The zero-order valence-corrected chi connectivity index (χ0v) is 13.5. The smallest absolute Gasteiger partial charge is 0.251 e. The lowest BCUT2D eigenvalue weighted by Gasteiger charge is -2.05. The highest BCUT2D eigenvalue weighted by Crippen LogP contribution is 2.18. The van der Waals surface area contributed by atoms with E-state index in [0.29, 0.717) is 6.42 Å². The molecule has 0 N–H and O–H groups in total. The summed E-state index contributed by atoms with van der Waals surface area (Å²) in [6, 6.07) is 20.1. The first-order chi connectivity index (χ1) is 11.1. The highest BCUT2D eigenvalue weighted by atomic mass is 16.2. The summed E-state index contributed by atoms with van der Waals surface area (Å²) in [5.74, 6) is 0.0103. The monoisotopic (exact) mass is 304 g/mol. The van der Waals surface area contributed by atoms with Gasteiger partial charge in [-0.05, 0) is 25.0 Å². The molecule has 2 aromatic carbocycles. The highest BCUT2D eigenvalue weighted by Gasteiger charge is 2.17. The number of carbonyl (C=O) groups excluding carboxylic acids is 1. The van der Waals surface area contributed by atoms with Gasteiger partial charge in [-0.2, -0.15) is 5.10 Å². The standard InChI is InChI=1S/C20H20N2O/c1-15-19(13-17-9-5-3-6-10-17)16(2)22(21-15)20(23)14-18-11-7-4-8-12-18/h3-12H,13-14H2,1-2H3. The van der Waals surface area contributed by atoms with Crippen LogP contribution in [0.4, 0.5) is 0 Å². The molecule has 0 unspecified atom stereocenters. The molecule has 3 rings (SSSR count). The van der Waals surface area contributed by atoms with Gasteiger partial charge in [-0.25, -0.2) is 4.68 Å². The zero-order chi connectivity index (χ0) is 16.2. The molecule has 3 nitrogen and oxygen atoms in total. The van der Waals surface area contributed by atoms with Crippen LogP contribution < -0.4 is 0 Å². The average molecular weight is 304 g/mol. The van der Waals surface area contributed by atoms with E-state index >= 15 is 0 Å². The van der Waals surface area contributed by atoms with Crippen molar-refractivity contribution in [3.05, 3.63) is 88.7 Å². The Morgan fingerprint density at radius 3 is 2.09 bits per heavy atom. The predicted octanol–water partition coefficient (Wildman–Crippen LogP) is 3.97. The van der Waals surface area contributed by atoms with Gasteiger partial charge in [0.25, 0.3) is 5.91 Å². The number of aryl methyl sites for hydroxylation is 1. The first-order valence-electron chi connectivity index (χ1n) is 7.81. The summed E-state index contributed by atoms with van der Waals surface area (Å²) in [5, 5.41) is 4.47. The minimum absolute atomic E-state index is 0.0103. The molecule has 0 aliphatic rings. The molecule has 0 aliphatic carbocycles. The van der Waals surface area contributed by atoms with E-state index in [1.54, 1.807) is 4.68 Å². The van der Waals surface area contributed by atoms with Crippen molar-refractivity contribution in [3.8, 4) is 0 Å². The number of hydrogen-bond acceptors (Lipinski definition) is 2. The normalized spacial score (nSPS) is 10.7. The van der Waals surface area contributed by atoms with Crippen molar-refractivity contribution in [1.29, 1.82) is 0 Å². The first kappa shape index (κ1) is 15.2. The van der Waals surface area contributed by atoms with E-state index in [4.69, 9.17) is 0 Å². The molecule has 1 aromatic heterocycles. The summed E-state index contributed by atoms with van der Waals surface area (Å²) in [4.78, 5) is 12.6. The van der Waals surface area contributed by atoms with Crippen LogP contribution in [-0.4, -0.2) is 15.7 Å². The van der Waals surface area contributed by atoms with Gasteiger partial charge >= 0.3 is 0 Å². The van der Waals surface area contributed by atoms with E-state index in [1.165, 1.54) is 5.56 Å². The summed E-state index contributed by atoms with van der Waals surface area (Å²) in [7, 11) is 0. The molecule has 0 radical (unpaired) electrons. The van der Waals surface area contributed by atoms with Crippen LogP contribution in [0.25, 0.3) is 0 Å². The fraction of sp³-hybridized carbons (Fsp3) is 0.200. The topological polar surface area (TPSA) is 34.9 Å². The number of rotatable bonds is 4. The summed E-state index contributed by atoms with van der Waals surface area (Å²) >= 11 is 0. The van der Waals surface area contributed by atoms with Crippen LogP contribution in [0.15, 0.2) is 60.7 Å². The second-order valence-corrected chi connectivity index (χ2v) is 5.78. The summed E-state index contributed by atoms with van der Waals surface area (Å²) in [6.45, 7) is 3.94. The maximum atomic E-state index is 12.6. The Balaban J connectivity index is 1.84. The Kier molecular flexibility index (Phi) is 4.38. The number of benzene rings is 2. The SMILES string of the molecule is Cc1nn(C(=O)Cc2ccccc2)c(C)c1Cc1ccccc1. The van der Waals surface area contributed by atoms with Crippen LogP contribution in [0.2, 0.25) is 0 Å². The van der Waals surface area contributed by atoms with Gasteiger partial charge < -0.3 is 0 Å². The molecule has 0 spiro atoms.